The first-order valence-electron chi connectivity index (χ1n) is 5.53. The Balaban J connectivity index is 2.51. The molecule has 0 fully saturated rings. The lowest BCUT2D eigenvalue weighted by molar-refractivity contribution is 0.0945. The Kier molecular flexibility index (Phi) is 5.35. The lowest BCUT2D eigenvalue weighted by Gasteiger charge is -2.07. The van der Waals surface area contributed by atoms with Crippen molar-refractivity contribution in [2.24, 2.45) is 0 Å². The van der Waals surface area contributed by atoms with E-state index in [2.05, 4.69) is 10.6 Å². The summed E-state index contributed by atoms with van der Waals surface area (Å²) in [5.41, 5.74) is 0.615. The van der Waals surface area contributed by atoms with E-state index in [1.165, 1.54) is 0 Å². The first kappa shape index (κ1) is 13.1. The highest BCUT2D eigenvalue weighted by Gasteiger charge is 2.11. The highest BCUT2D eigenvalue weighted by Crippen LogP contribution is 2.13. The Morgan fingerprint density at radius 1 is 1.44 bits per heavy atom. The van der Waals surface area contributed by atoms with Crippen LogP contribution in [0.25, 0.3) is 0 Å². The predicted molar refractivity (Wildman–Crippen MR) is 66.0 cm³/mol. The topological polar surface area (TPSA) is 46.1 Å². The highest BCUT2D eigenvalue weighted by molar-refractivity contribution is 6.31. The molecule has 1 heterocycles. The molecule has 2 N–H and O–H groups in total. The number of carbonyl (C=O) groups excluding carboxylic acids is 1. The summed E-state index contributed by atoms with van der Waals surface area (Å²) in [5, 5.41) is 6.58. The molecule has 1 aromatic heterocycles. The van der Waals surface area contributed by atoms with Crippen LogP contribution in [-0.4, -0.2) is 30.1 Å². The van der Waals surface area contributed by atoms with Crippen LogP contribution in [0, 0.1) is 0 Å². The van der Waals surface area contributed by atoms with Gasteiger partial charge < -0.3 is 15.2 Å². The fraction of sp³-hybridized carbons (Fsp3) is 0.545. The van der Waals surface area contributed by atoms with Crippen LogP contribution >= 0.6 is 11.6 Å². The van der Waals surface area contributed by atoms with E-state index in [1.807, 2.05) is 18.4 Å². The number of nitrogens with one attached hydrogen (secondary N) is 2. The average molecular weight is 244 g/mol. The molecular formula is C11H18ClN3O. The Morgan fingerprint density at radius 3 is 2.81 bits per heavy atom. The van der Waals surface area contributed by atoms with E-state index in [4.69, 9.17) is 11.6 Å². The zero-order valence-electron chi connectivity index (χ0n) is 9.72. The molecule has 5 heteroatoms. The maximum atomic E-state index is 11.8. The molecule has 0 aromatic carbocycles. The smallest absolute Gasteiger partial charge is 0.268 e. The average Bonchev–Trinajstić information content (AvgIpc) is 2.65. The number of rotatable bonds is 6. The van der Waals surface area contributed by atoms with Crippen LogP contribution in [0.5, 0.6) is 0 Å². The SMILES string of the molecule is CCNCCNC(=O)c1cc(Cl)cn1CC. The van der Waals surface area contributed by atoms with E-state index in [0.717, 1.165) is 19.6 Å². The number of hydrogen-bond acceptors (Lipinski definition) is 2. The highest BCUT2D eigenvalue weighted by atomic mass is 35.5. The molecule has 1 rings (SSSR count). The van der Waals surface area contributed by atoms with Crippen LogP contribution in [0.2, 0.25) is 5.02 Å². The molecule has 0 aliphatic heterocycles. The molecule has 0 saturated heterocycles. The maximum absolute atomic E-state index is 11.8. The normalized spacial score (nSPS) is 10.4. The summed E-state index contributed by atoms with van der Waals surface area (Å²) >= 11 is 5.86. The van der Waals surface area contributed by atoms with Gasteiger partial charge in [-0.1, -0.05) is 18.5 Å². The third-order valence-electron chi connectivity index (χ3n) is 2.27. The minimum atomic E-state index is -0.0772. The number of aryl methyl sites for hydroxylation is 1. The van der Waals surface area contributed by atoms with E-state index in [0.29, 0.717) is 17.3 Å². The fourth-order valence-electron chi connectivity index (χ4n) is 1.46. The largest absolute Gasteiger partial charge is 0.349 e. The molecule has 0 saturated carbocycles. The lowest BCUT2D eigenvalue weighted by atomic mass is 10.4. The first-order chi connectivity index (χ1) is 7.69. The fourth-order valence-corrected chi connectivity index (χ4v) is 1.68. The molecule has 0 aliphatic carbocycles. The Bertz CT molecular complexity index is 349. The van der Waals surface area contributed by atoms with Crippen LogP contribution in [0.3, 0.4) is 0 Å². The number of aromatic nitrogens is 1. The summed E-state index contributed by atoms with van der Waals surface area (Å²) in [6, 6.07) is 1.69. The molecule has 90 valence electrons. The lowest BCUT2D eigenvalue weighted by Crippen LogP contribution is -2.32. The number of hydrogen-bond donors (Lipinski definition) is 2. The molecule has 0 unspecified atom stereocenters. The van der Waals surface area contributed by atoms with Crippen molar-refractivity contribution < 1.29 is 4.79 Å². The second-order valence-corrected chi connectivity index (χ2v) is 3.88. The van der Waals surface area contributed by atoms with Crippen LogP contribution in [-0.2, 0) is 6.54 Å². The molecular weight excluding hydrogens is 226 g/mol. The minimum Gasteiger partial charge on any atom is -0.349 e. The van der Waals surface area contributed by atoms with E-state index in [-0.39, 0.29) is 5.91 Å². The Labute approximate surface area is 101 Å². The molecule has 16 heavy (non-hydrogen) atoms. The molecule has 0 atom stereocenters. The quantitative estimate of drug-likeness (QED) is 0.744. The Morgan fingerprint density at radius 2 is 2.19 bits per heavy atom. The van der Waals surface area contributed by atoms with Gasteiger partial charge in [0, 0.05) is 25.8 Å². The van der Waals surface area contributed by atoms with Crippen molar-refractivity contribution in [1.82, 2.24) is 15.2 Å². The van der Waals surface area contributed by atoms with Crippen LogP contribution < -0.4 is 10.6 Å². The standard InChI is InChI=1S/C11H18ClN3O/c1-3-13-5-6-14-11(16)10-7-9(12)8-15(10)4-2/h7-8,13H,3-6H2,1-2H3,(H,14,16). The van der Waals surface area contributed by atoms with Crippen LogP contribution in [0.15, 0.2) is 12.3 Å². The molecule has 0 aliphatic rings. The predicted octanol–water partition coefficient (Wildman–Crippen LogP) is 1.50. The summed E-state index contributed by atoms with van der Waals surface area (Å²) < 4.78 is 1.84. The summed E-state index contributed by atoms with van der Waals surface area (Å²) in [6.45, 7) is 7.06. The van der Waals surface area contributed by atoms with Crippen molar-refractivity contribution in [1.29, 1.82) is 0 Å². The molecule has 0 radical (unpaired) electrons. The number of amides is 1. The molecule has 0 bridgehead atoms. The molecule has 1 amide bonds. The van der Waals surface area contributed by atoms with Gasteiger partial charge in [0.2, 0.25) is 0 Å². The van der Waals surface area contributed by atoms with Gasteiger partial charge in [0.25, 0.3) is 5.91 Å². The second kappa shape index (κ2) is 6.55. The summed E-state index contributed by atoms with van der Waals surface area (Å²) in [5.74, 6) is -0.0772. The van der Waals surface area contributed by atoms with Crippen molar-refractivity contribution in [3.05, 3.63) is 23.0 Å². The monoisotopic (exact) mass is 243 g/mol. The number of halogens is 1. The minimum absolute atomic E-state index is 0.0772. The molecule has 0 spiro atoms. The van der Waals surface area contributed by atoms with Gasteiger partial charge in [0.05, 0.1) is 5.02 Å². The third kappa shape index (κ3) is 3.54. The van der Waals surface area contributed by atoms with Gasteiger partial charge in [-0.05, 0) is 19.5 Å². The zero-order valence-corrected chi connectivity index (χ0v) is 10.5. The number of likely N-dealkylation sites (N-methyl/N-ethyl adjacent to an activating group) is 1. The van der Waals surface area contributed by atoms with Gasteiger partial charge in [-0.3, -0.25) is 4.79 Å². The summed E-state index contributed by atoms with van der Waals surface area (Å²) in [4.78, 5) is 11.8. The summed E-state index contributed by atoms with van der Waals surface area (Å²) in [6.07, 6.45) is 1.76. The van der Waals surface area contributed by atoms with E-state index >= 15 is 0 Å². The van der Waals surface area contributed by atoms with Gasteiger partial charge in [-0.15, -0.1) is 0 Å². The maximum Gasteiger partial charge on any atom is 0.268 e. The van der Waals surface area contributed by atoms with Gasteiger partial charge in [-0.25, -0.2) is 0 Å². The van der Waals surface area contributed by atoms with Gasteiger partial charge in [-0.2, -0.15) is 0 Å². The van der Waals surface area contributed by atoms with E-state index < -0.39 is 0 Å². The zero-order chi connectivity index (χ0) is 12.0. The molecule has 4 nitrogen and oxygen atoms in total. The van der Waals surface area contributed by atoms with Crippen molar-refractivity contribution in [3.63, 3.8) is 0 Å². The van der Waals surface area contributed by atoms with Gasteiger partial charge in [0.15, 0.2) is 0 Å². The second-order valence-electron chi connectivity index (χ2n) is 3.44. The summed E-state index contributed by atoms with van der Waals surface area (Å²) in [7, 11) is 0. The van der Waals surface area contributed by atoms with Crippen LogP contribution in [0.1, 0.15) is 24.3 Å². The van der Waals surface area contributed by atoms with E-state index in [9.17, 15) is 4.79 Å². The van der Waals surface area contributed by atoms with Gasteiger partial charge in [0.1, 0.15) is 5.69 Å². The molecule has 1 aromatic rings. The van der Waals surface area contributed by atoms with Crippen molar-refractivity contribution in [3.8, 4) is 0 Å². The third-order valence-corrected chi connectivity index (χ3v) is 2.48. The number of carbonyl (C=O) groups is 1. The van der Waals surface area contributed by atoms with Crippen molar-refractivity contribution in [2.45, 2.75) is 20.4 Å². The Hall–Kier alpha value is -1.00. The van der Waals surface area contributed by atoms with Gasteiger partial charge >= 0.3 is 0 Å². The first-order valence-corrected chi connectivity index (χ1v) is 5.91. The van der Waals surface area contributed by atoms with E-state index in [1.54, 1.807) is 12.3 Å². The number of nitrogens with zero attached hydrogens (tertiary/aromatic N) is 1. The van der Waals surface area contributed by atoms with Crippen molar-refractivity contribution >= 4 is 17.5 Å². The van der Waals surface area contributed by atoms with Crippen LogP contribution in [0.4, 0.5) is 0 Å². The van der Waals surface area contributed by atoms with Crippen molar-refractivity contribution in [2.75, 3.05) is 19.6 Å².